The van der Waals surface area contributed by atoms with E-state index in [1.165, 1.54) is 16.7 Å². The zero-order chi connectivity index (χ0) is 10.6. The van der Waals surface area contributed by atoms with Crippen LogP contribution in [-0.4, -0.2) is 11.7 Å². The molecule has 1 rings (SSSR count). The molecule has 1 N–H and O–H groups in total. The summed E-state index contributed by atoms with van der Waals surface area (Å²) in [6.45, 7) is 6.86. The number of rotatable bonds is 4. The Balaban J connectivity index is 2.79. The Labute approximate surface area is 86.8 Å². The van der Waals surface area contributed by atoms with E-state index in [1.54, 1.807) is 0 Å². The molecule has 0 heterocycles. The Morgan fingerprint density at radius 3 is 2.50 bits per heavy atom. The molecule has 1 aromatic carbocycles. The second-order valence-corrected chi connectivity index (χ2v) is 4.17. The van der Waals surface area contributed by atoms with Gasteiger partial charge in [0.25, 0.3) is 0 Å². The van der Waals surface area contributed by atoms with Crippen LogP contribution in [-0.2, 0) is 6.42 Å². The van der Waals surface area contributed by atoms with Crippen LogP contribution in [0.4, 0.5) is 0 Å². The summed E-state index contributed by atoms with van der Waals surface area (Å²) in [5.74, 6) is 0.598. The van der Waals surface area contributed by atoms with Crippen LogP contribution in [0.3, 0.4) is 0 Å². The second kappa shape index (κ2) is 5.16. The maximum absolute atomic E-state index is 8.76. The first-order valence-electron chi connectivity index (χ1n) is 5.35. The Kier molecular flexibility index (Phi) is 4.15. The molecule has 0 fully saturated rings. The molecule has 0 aliphatic rings. The molecule has 0 aliphatic carbocycles. The van der Waals surface area contributed by atoms with Crippen LogP contribution in [0.1, 0.15) is 42.9 Å². The average Bonchev–Trinajstić information content (AvgIpc) is 2.15. The van der Waals surface area contributed by atoms with Gasteiger partial charge in [0.05, 0.1) is 0 Å². The molecule has 1 aromatic rings. The molecule has 0 bridgehead atoms. The van der Waals surface area contributed by atoms with Gasteiger partial charge in [0.1, 0.15) is 0 Å². The van der Waals surface area contributed by atoms with Crippen LogP contribution in [0.5, 0.6) is 0 Å². The summed E-state index contributed by atoms with van der Waals surface area (Å²) in [7, 11) is 0. The lowest BCUT2D eigenvalue weighted by atomic mass is 9.96. The summed E-state index contributed by atoms with van der Waals surface area (Å²) in [5.41, 5.74) is 4.11. The molecular weight excluding hydrogens is 172 g/mol. The Morgan fingerprint density at radius 1 is 1.29 bits per heavy atom. The molecule has 0 spiro atoms. The van der Waals surface area contributed by atoms with E-state index in [9.17, 15) is 0 Å². The number of aliphatic hydroxyl groups excluding tert-OH is 1. The molecule has 78 valence electrons. The average molecular weight is 192 g/mol. The molecule has 0 amide bonds. The van der Waals surface area contributed by atoms with Crippen molar-refractivity contribution in [3.05, 3.63) is 34.9 Å². The molecular formula is C13H20O. The molecule has 0 radical (unpaired) electrons. The standard InChI is InChI=1S/C13H20O/c1-10(2)13-7-6-12(5-4-8-14)11(3)9-13/h6-7,9-10,14H,4-5,8H2,1-3H3. The number of aliphatic hydroxyl groups is 1. The number of benzene rings is 1. The Morgan fingerprint density at radius 2 is 2.00 bits per heavy atom. The highest BCUT2D eigenvalue weighted by atomic mass is 16.2. The van der Waals surface area contributed by atoms with E-state index in [4.69, 9.17) is 5.11 Å². The highest BCUT2D eigenvalue weighted by molar-refractivity contribution is 5.32. The van der Waals surface area contributed by atoms with Crippen LogP contribution < -0.4 is 0 Å². The summed E-state index contributed by atoms with van der Waals surface area (Å²) < 4.78 is 0. The minimum atomic E-state index is 0.283. The third-order valence-electron chi connectivity index (χ3n) is 2.64. The SMILES string of the molecule is Cc1cc(C(C)C)ccc1CCCO. The van der Waals surface area contributed by atoms with Crippen molar-refractivity contribution in [2.24, 2.45) is 0 Å². The van der Waals surface area contributed by atoms with Crippen LogP contribution >= 0.6 is 0 Å². The van der Waals surface area contributed by atoms with Gasteiger partial charge in [0.15, 0.2) is 0 Å². The van der Waals surface area contributed by atoms with Crippen molar-refractivity contribution in [1.82, 2.24) is 0 Å². The molecule has 0 unspecified atom stereocenters. The van der Waals surface area contributed by atoms with Gasteiger partial charge in [-0.05, 0) is 42.4 Å². The predicted molar refractivity (Wildman–Crippen MR) is 60.7 cm³/mol. The van der Waals surface area contributed by atoms with Gasteiger partial charge < -0.3 is 5.11 Å². The first-order chi connectivity index (χ1) is 6.65. The lowest BCUT2D eigenvalue weighted by Gasteiger charge is -2.10. The third-order valence-corrected chi connectivity index (χ3v) is 2.64. The number of hydrogen-bond acceptors (Lipinski definition) is 1. The van der Waals surface area contributed by atoms with Gasteiger partial charge in [-0.1, -0.05) is 32.0 Å². The molecule has 0 atom stereocenters. The topological polar surface area (TPSA) is 20.2 Å². The van der Waals surface area contributed by atoms with Crippen molar-refractivity contribution < 1.29 is 5.11 Å². The quantitative estimate of drug-likeness (QED) is 0.777. The monoisotopic (exact) mass is 192 g/mol. The van der Waals surface area contributed by atoms with Gasteiger partial charge in [-0.15, -0.1) is 0 Å². The smallest absolute Gasteiger partial charge is 0.0434 e. The largest absolute Gasteiger partial charge is 0.396 e. The van der Waals surface area contributed by atoms with E-state index in [0.29, 0.717) is 5.92 Å². The summed E-state index contributed by atoms with van der Waals surface area (Å²) >= 11 is 0. The van der Waals surface area contributed by atoms with Gasteiger partial charge in [0.2, 0.25) is 0 Å². The van der Waals surface area contributed by atoms with E-state index < -0.39 is 0 Å². The molecule has 1 nitrogen and oxygen atoms in total. The summed E-state index contributed by atoms with van der Waals surface area (Å²) in [6.07, 6.45) is 1.85. The Hall–Kier alpha value is -0.820. The predicted octanol–water partition coefficient (Wildman–Crippen LogP) is 3.04. The normalized spacial score (nSPS) is 10.9. The molecule has 0 aliphatic heterocycles. The lowest BCUT2D eigenvalue weighted by Crippen LogP contribution is -1.95. The fourth-order valence-electron chi connectivity index (χ4n) is 1.63. The lowest BCUT2D eigenvalue weighted by molar-refractivity contribution is 0.288. The minimum Gasteiger partial charge on any atom is -0.396 e. The van der Waals surface area contributed by atoms with Gasteiger partial charge in [-0.25, -0.2) is 0 Å². The van der Waals surface area contributed by atoms with Gasteiger partial charge >= 0.3 is 0 Å². The second-order valence-electron chi connectivity index (χ2n) is 4.17. The minimum absolute atomic E-state index is 0.283. The zero-order valence-corrected chi connectivity index (χ0v) is 9.38. The van der Waals surface area contributed by atoms with Crippen LogP contribution in [0.25, 0.3) is 0 Å². The van der Waals surface area contributed by atoms with E-state index in [-0.39, 0.29) is 6.61 Å². The highest BCUT2D eigenvalue weighted by Crippen LogP contribution is 2.19. The maximum Gasteiger partial charge on any atom is 0.0434 e. The highest BCUT2D eigenvalue weighted by Gasteiger charge is 2.02. The number of hydrogen-bond donors (Lipinski definition) is 1. The van der Waals surface area contributed by atoms with Crippen LogP contribution in [0.2, 0.25) is 0 Å². The Bertz CT molecular complexity index is 289. The van der Waals surface area contributed by atoms with Crippen molar-refractivity contribution in [1.29, 1.82) is 0 Å². The van der Waals surface area contributed by atoms with Crippen molar-refractivity contribution in [3.8, 4) is 0 Å². The van der Waals surface area contributed by atoms with Gasteiger partial charge in [-0.3, -0.25) is 0 Å². The van der Waals surface area contributed by atoms with E-state index in [0.717, 1.165) is 12.8 Å². The van der Waals surface area contributed by atoms with E-state index in [1.807, 2.05) is 0 Å². The van der Waals surface area contributed by atoms with Gasteiger partial charge in [-0.2, -0.15) is 0 Å². The number of aryl methyl sites for hydroxylation is 2. The summed E-state index contributed by atoms with van der Waals surface area (Å²) in [5, 5.41) is 8.76. The van der Waals surface area contributed by atoms with Gasteiger partial charge in [0, 0.05) is 6.61 Å². The fraction of sp³-hybridized carbons (Fsp3) is 0.538. The molecule has 1 heteroatoms. The van der Waals surface area contributed by atoms with Crippen molar-refractivity contribution in [3.63, 3.8) is 0 Å². The third kappa shape index (κ3) is 2.85. The van der Waals surface area contributed by atoms with Crippen molar-refractivity contribution in [2.45, 2.75) is 39.5 Å². The van der Waals surface area contributed by atoms with Crippen LogP contribution in [0, 0.1) is 6.92 Å². The molecule has 14 heavy (non-hydrogen) atoms. The fourth-order valence-corrected chi connectivity index (χ4v) is 1.63. The molecule has 0 aromatic heterocycles. The first kappa shape index (κ1) is 11.3. The first-order valence-corrected chi connectivity index (χ1v) is 5.35. The van der Waals surface area contributed by atoms with Crippen LogP contribution in [0.15, 0.2) is 18.2 Å². The van der Waals surface area contributed by atoms with Crippen molar-refractivity contribution >= 4 is 0 Å². The van der Waals surface area contributed by atoms with Crippen molar-refractivity contribution in [2.75, 3.05) is 6.61 Å². The molecule has 0 saturated carbocycles. The summed E-state index contributed by atoms with van der Waals surface area (Å²) in [6, 6.07) is 6.65. The van der Waals surface area contributed by atoms with E-state index >= 15 is 0 Å². The maximum atomic E-state index is 8.76. The summed E-state index contributed by atoms with van der Waals surface area (Å²) in [4.78, 5) is 0. The molecule has 0 saturated heterocycles. The zero-order valence-electron chi connectivity index (χ0n) is 9.38. The van der Waals surface area contributed by atoms with E-state index in [2.05, 4.69) is 39.0 Å².